The van der Waals surface area contributed by atoms with Crippen LogP contribution < -0.4 is 11.1 Å². The van der Waals surface area contributed by atoms with Crippen molar-refractivity contribution in [3.05, 3.63) is 40.4 Å². The minimum absolute atomic E-state index is 0.0203. The number of nitriles is 1. The average Bonchev–Trinajstić information content (AvgIpc) is 2.44. The van der Waals surface area contributed by atoms with Crippen LogP contribution in [0.2, 0.25) is 0 Å². The van der Waals surface area contributed by atoms with Gasteiger partial charge in [-0.05, 0) is 17.7 Å². The van der Waals surface area contributed by atoms with E-state index in [2.05, 4.69) is 11.4 Å². The van der Waals surface area contributed by atoms with Crippen molar-refractivity contribution < 1.29 is 14.7 Å². The molecular formula is C14H13N3O3S. The maximum atomic E-state index is 11.8. The van der Waals surface area contributed by atoms with Crippen LogP contribution in [0.25, 0.3) is 0 Å². The van der Waals surface area contributed by atoms with Gasteiger partial charge >= 0.3 is 0 Å². The lowest BCUT2D eigenvalue weighted by molar-refractivity contribution is -0.121. The Morgan fingerprint density at radius 2 is 2.33 bits per heavy atom. The lowest BCUT2D eigenvalue weighted by Crippen LogP contribution is -2.31. The number of nitrogens with two attached hydrogens (primary N) is 1. The molecule has 2 amide bonds. The van der Waals surface area contributed by atoms with Gasteiger partial charge in [0.2, 0.25) is 11.8 Å². The third-order valence-electron chi connectivity index (χ3n) is 2.99. The number of aromatic hydroxyl groups is 1. The molecule has 4 N–H and O–H groups in total. The van der Waals surface area contributed by atoms with Gasteiger partial charge in [-0.1, -0.05) is 23.9 Å². The highest BCUT2D eigenvalue weighted by Crippen LogP contribution is 2.36. The first-order valence-corrected chi connectivity index (χ1v) is 7.14. The SMILES string of the molecule is N#CC1=C(SCC(N)=O)NC(=O)C[C@H]1c1cccc(O)c1. The van der Waals surface area contributed by atoms with Gasteiger partial charge in [-0.25, -0.2) is 0 Å². The first kappa shape index (κ1) is 14.9. The van der Waals surface area contributed by atoms with E-state index in [0.29, 0.717) is 16.2 Å². The molecule has 0 aromatic heterocycles. The molecule has 0 bridgehead atoms. The highest BCUT2D eigenvalue weighted by Gasteiger charge is 2.29. The number of hydrogen-bond donors (Lipinski definition) is 3. The number of thioether (sulfide) groups is 1. The smallest absolute Gasteiger partial charge is 0.227 e. The van der Waals surface area contributed by atoms with E-state index >= 15 is 0 Å². The van der Waals surface area contributed by atoms with Crippen molar-refractivity contribution in [3.8, 4) is 11.8 Å². The van der Waals surface area contributed by atoms with E-state index in [0.717, 1.165) is 11.8 Å². The Balaban J connectivity index is 2.39. The van der Waals surface area contributed by atoms with Crippen molar-refractivity contribution in [2.45, 2.75) is 12.3 Å². The van der Waals surface area contributed by atoms with Crippen molar-refractivity contribution in [1.82, 2.24) is 5.32 Å². The molecule has 0 radical (unpaired) electrons. The number of nitrogens with zero attached hydrogens (tertiary/aromatic N) is 1. The zero-order chi connectivity index (χ0) is 15.4. The highest BCUT2D eigenvalue weighted by atomic mass is 32.2. The van der Waals surface area contributed by atoms with E-state index in [-0.39, 0.29) is 23.8 Å². The lowest BCUT2D eigenvalue weighted by atomic mass is 9.87. The van der Waals surface area contributed by atoms with Gasteiger partial charge in [-0.15, -0.1) is 0 Å². The van der Waals surface area contributed by atoms with E-state index in [1.165, 1.54) is 12.1 Å². The number of allylic oxidation sites excluding steroid dienone is 1. The summed E-state index contributed by atoms with van der Waals surface area (Å²) in [7, 11) is 0. The number of nitrogens with one attached hydrogen (secondary N) is 1. The molecule has 0 saturated heterocycles. The largest absolute Gasteiger partial charge is 0.508 e. The molecule has 1 aliphatic heterocycles. The van der Waals surface area contributed by atoms with Crippen LogP contribution in [-0.2, 0) is 9.59 Å². The van der Waals surface area contributed by atoms with Crippen molar-refractivity contribution >= 4 is 23.6 Å². The number of carbonyl (C=O) groups excluding carboxylic acids is 2. The van der Waals surface area contributed by atoms with Crippen LogP contribution in [0.15, 0.2) is 34.9 Å². The van der Waals surface area contributed by atoms with Gasteiger partial charge in [0.25, 0.3) is 0 Å². The summed E-state index contributed by atoms with van der Waals surface area (Å²) < 4.78 is 0. The van der Waals surface area contributed by atoms with Gasteiger partial charge in [-0.2, -0.15) is 5.26 Å². The van der Waals surface area contributed by atoms with E-state index in [1.54, 1.807) is 12.1 Å². The first-order valence-electron chi connectivity index (χ1n) is 6.15. The maximum Gasteiger partial charge on any atom is 0.227 e. The molecule has 1 aliphatic rings. The summed E-state index contributed by atoms with van der Waals surface area (Å²) in [5.74, 6) is -1.16. The Morgan fingerprint density at radius 3 is 2.95 bits per heavy atom. The number of carbonyl (C=O) groups is 2. The van der Waals surface area contributed by atoms with Crippen LogP contribution in [0.3, 0.4) is 0 Å². The number of benzene rings is 1. The normalized spacial score (nSPS) is 18.0. The number of hydrogen-bond acceptors (Lipinski definition) is 5. The predicted octanol–water partition coefficient (Wildman–Crippen LogP) is 0.949. The minimum Gasteiger partial charge on any atom is -0.508 e. The monoisotopic (exact) mass is 303 g/mol. The molecule has 0 saturated carbocycles. The summed E-state index contributed by atoms with van der Waals surface area (Å²) in [5, 5.41) is 21.9. The summed E-state index contributed by atoms with van der Waals surface area (Å²) in [5.41, 5.74) is 6.13. The molecule has 1 aromatic rings. The summed E-state index contributed by atoms with van der Waals surface area (Å²) in [4.78, 5) is 22.7. The summed E-state index contributed by atoms with van der Waals surface area (Å²) >= 11 is 1.03. The molecule has 108 valence electrons. The third-order valence-corrected chi connectivity index (χ3v) is 4.03. The molecule has 1 aromatic carbocycles. The minimum atomic E-state index is -0.529. The van der Waals surface area contributed by atoms with E-state index in [9.17, 15) is 20.0 Å². The molecule has 1 atom stereocenters. The van der Waals surface area contributed by atoms with Crippen molar-refractivity contribution in [1.29, 1.82) is 5.26 Å². The maximum absolute atomic E-state index is 11.8. The lowest BCUT2D eigenvalue weighted by Gasteiger charge is -2.24. The van der Waals surface area contributed by atoms with Crippen LogP contribution in [-0.4, -0.2) is 22.7 Å². The van der Waals surface area contributed by atoms with Crippen molar-refractivity contribution in [2.75, 3.05) is 5.75 Å². The molecule has 0 spiro atoms. The number of rotatable bonds is 4. The van der Waals surface area contributed by atoms with Gasteiger partial charge < -0.3 is 16.2 Å². The van der Waals surface area contributed by atoms with E-state index in [4.69, 9.17) is 5.73 Å². The fourth-order valence-electron chi connectivity index (χ4n) is 2.10. The Labute approximate surface area is 125 Å². The standard InChI is InChI=1S/C14H13N3O3S/c15-6-11-10(8-2-1-3-9(18)4-8)5-13(20)17-14(11)21-7-12(16)19/h1-4,10,18H,5,7H2,(H2,16,19)(H,17,20)/t10-/m0/s1. The molecule has 0 unspecified atom stereocenters. The van der Waals surface area contributed by atoms with Crippen LogP contribution in [0, 0.1) is 11.3 Å². The second-order valence-electron chi connectivity index (χ2n) is 4.51. The van der Waals surface area contributed by atoms with Gasteiger partial charge in [0.1, 0.15) is 5.75 Å². The fraction of sp³-hybridized carbons (Fsp3) is 0.214. The Bertz CT molecular complexity index is 664. The van der Waals surface area contributed by atoms with Crippen LogP contribution in [0.4, 0.5) is 0 Å². The zero-order valence-corrected chi connectivity index (χ0v) is 11.8. The van der Waals surface area contributed by atoms with Gasteiger partial charge in [0.15, 0.2) is 0 Å². The molecule has 7 heteroatoms. The first-order chi connectivity index (χ1) is 10.0. The molecule has 2 rings (SSSR count). The van der Waals surface area contributed by atoms with Gasteiger partial charge in [0.05, 0.1) is 22.4 Å². The van der Waals surface area contributed by atoms with Crippen molar-refractivity contribution in [2.24, 2.45) is 5.73 Å². The third kappa shape index (κ3) is 3.55. The topological polar surface area (TPSA) is 116 Å². The summed E-state index contributed by atoms with van der Waals surface area (Å²) in [6.07, 6.45) is 0.118. The number of phenols is 1. The Hall–Kier alpha value is -2.46. The molecule has 21 heavy (non-hydrogen) atoms. The Morgan fingerprint density at radius 1 is 1.57 bits per heavy atom. The van der Waals surface area contributed by atoms with E-state index < -0.39 is 11.8 Å². The highest BCUT2D eigenvalue weighted by molar-refractivity contribution is 8.03. The number of phenolic OH excluding ortho intramolecular Hbond substituents is 1. The number of amides is 2. The van der Waals surface area contributed by atoms with Crippen molar-refractivity contribution in [3.63, 3.8) is 0 Å². The van der Waals surface area contributed by atoms with Gasteiger partial charge in [-0.3, -0.25) is 9.59 Å². The summed E-state index contributed by atoms with van der Waals surface area (Å²) in [6.45, 7) is 0. The molecule has 0 fully saturated rings. The quantitative estimate of drug-likeness (QED) is 0.765. The average molecular weight is 303 g/mol. The Kier molecular flexibility index (Phi) is 4.50. The molecule has 6 nitrogen and oxygen atoms in total. The predicted molar refractivity (Wildman–Crippen MR) is 77.9 cm³/mol. The van der Waals surface area contributed by atoms with Crippen LogP contribution >= 0.6 is 11.8 Å². The molecule has 0 aliphatic carbocycles. The van der Waals surface area contributed by atoms with Gasteiger partial charge in [0, 0.05) is 12.3 Å². The van der Waals surface area contributed by atoms with E-state index in [1.807, 2.05) is 0 Å². The van der Waals surface area contributed by atoms with Crippen LogP contribution in [0.1, 0.15) is 17.9 Å². The molecule has 1 heterocycles. The second kappa shape index (κ2) is 6.33. The molecular weight excluding hydrogens is 290 g/mol. The number of primary amides is 1. The van der Waals surface area contributed by atoms with Crippen LogP contribution in [0.5, 0.6) is 5.75 Å². The zero-order valence-electron chi connectivity index (χ0n) is 11.0. The summed E-state index contributed by atoms with van der Waals surface area (Å²) in [6, 6.07) is 8.52. The fourth-order valence-corrected chi connectivity index (χ4v) is 2.92. The second-order valence-corrected chi connectivity index (χ2v) is 5.50.